The minimum atomic E-state index is 1.22. The molecule has 0 radical (unpaired) electrons. The van der Waals surface area contributed by atoms with E-state index in [-0.39, 0.29) is 0 Å². The second kappa shape index (κ2) is 3.45. The molecule has 0 fully saturated rings. The van der Waals surface area contributed by atoms with Crippen LogP contribution >= 0.6 is 45.2 Å². The minimum absolute atomic E-state index is 1.22. The third-order valence-corrected chi connectivity index (χ3v) is 3.40. The van der Waals surface area contributed by atoms with Crippen LogP contribution in [0.3, 0.4) is 0 Å². The summed E-state index contributed by atoms with van der Waals surface area (Å²) >= 11 is 4.67. The lowest BCUT2D eigenvalue weighted by Gasteiger charge is -2.01. The molecule has 12 heavy (non-hydrogen) atoms. The van der Waals surface area contributed by atoms with Crippen LogP contribution in [0.15, 0.2) is 30.6 Å². The summed E-state index contributed by atoms with van der Waals surface area (Å²) in [5.41, 5.74) is 0. The van der Waals surface area contributed by atoms with E-state index in [0.717, 1.165) is 0 Å². The number of hydrogen-bond donors (Lipinski definition) is 0. The van der Waals surface area contributed by atoms with Crippen LogP contribution in [0.4, 0.5) is 0 Å². The first kappa shape index (κ1) is 8.68. The van der Waals surface area contributed by atoms with Crippen molar-refractivity contribution in [1.29, 1.82) is 0 Å². The molecule has 0 saturated carbocycles. The van der Waals surface area contributed by atoms with Gasteiger partial charge in [-0.25, -0.2) is 0 Å². The van der Waals surface area contributed by atoms with Gasteiger partial charge in [0.1, 0.15) is 0 Å². The van der Waals surface area contributed by atoms with E-state index in [2.05, 4.69) is 68.4 Å². The van der Waals surface area contributed by atoms with Crippen LogP contribution in [0.2, 0.25) is 0 Å². The van der Waals surface area contributed by atoms with Crippen molar-refractivity contribution in [2.24, 2.45) is 0 Å². The third kappa shape index (κ3) is 1.44. The Bertz CT molecular complexity index is 389. The maximum absolute atomic E-state index is 4.14. The average molecular weight is 381 g/mol. The fourth-order valence-corrected chi connectivity index (χ4v) is 3.24. The molecule has 0 aliphatic carbocycles. The molecule has 0 bridgehead atoms. The summed E-state index contributed by atoms with van der Waals surface area (Å²) in [5.74, 6) is 0. The van der Waals surface area contributed by atoms with Crippen LogP contribution in [0, 0.1) is 7.14 Å². The Balaban J connectivity index is 2.96. The van der Waals surface area contributed by atoms with Gasteiger partial charge >= 0.3 is 0 Å². The summed E-state index contributed by atoms with van der Waals surface area (Å²) in [5, 5.41) is 2.53. The van der Waals surface area contributed by atoms with E-state index in [4.69, 9.17) is 0 Å². The van der Waals surface area contributed by atoms with Gasteiger partial charge in [-0.05, 0) is 51.2 Å². The lowest BCUT2D eigenvalue weighted by atomic mass is 10.2. The maximum atomic E-state index is 4.14. The first-order valence-corrected chi connectivity index (χ1v) is 5.62. The highest BCUT2D eigenvalue weighted by Gasteiger charge is 2.00. The quantitative estimate of drug-likeness (QED) is 0.638. The Morgan fingerprint density at radius 3 is 2.58 bits per heavy atom. The van der Waals surface area contributed by atoms with Crippen molar-refractivity contribution < 1.29 is 0 Å². The second-order valence-corrected chi connectivity index (χ2v) is 4.78. The Morgan fingerprint density at radius 1 is 1.00 bits per heavy atom. The molecular formula is C9H5I2N. The van der Waals surface area contributed by atoms with Crippen molar-refractivity contribution in [2.75, 3.05) is 0 Å². The van der Waals surface area contributed by atoms with Crippen molar-refractivity contribution in [1.82, 2.24) is 4.98 Å². The van der Waals surface area contributed by atoms with Gasteiger partial charge in [-0.1, -0.05) is 12.1 Å². The molecule has 0 aliphatic heterocycles. The number of rotatable bonds is 0. The predicted octanol–water partition coefficient (Wildman–Crippen LogP) is 3.44. The molecule has 0 saturated heterocycles. The van der Waals surface area contributed by atoms with Crippen LogP contribution in [0.5, 0.6) is 0 Å². The first-order valence-electron chi connectivity index (χ1n) is 3.47. The van der Waals surface area contributed by atoms with E-state index in [1.165, 1.54) is 17.9 Å². The van der Waals surface area contributed by atoms with E-state index in [9.17, 15) is 0 Å². The van der Waals surface area contributed by atoms with Crippen LogP contribution in [-0.4, -0.2) is 4.98 Å². The van der Waals surface area contributed by atoms with E-state index < -0.39 is 0 Å². The second-order valence-electron chi connectivity index (χ2n) is 2.46. The van der Waals surface area contributed by atoms with Gasteiger partial charge in [0.15, 0.2) is 0 Å². The van der Waals surface area contributed by atoms with Crippen LogP contribution in [0.1, 0.15) is 0 Å². The molecule has 1 aromatic carbocycles. The molecule has 0 amide bonds. The molecule has 2 rings (SSSR count). The predicted molar refractivity (Wildman–Crippen MR) is 67.2 cm³/mol. The Morgan fingerprint density at radius 2 is 1.83 bits per heavy atom. The number of halogens is 2. The van der Waals surface area contributed by atoms with Crippen molar-refractivity contribution in [3.63, 3.8) is 0 Å². The van der Waals surface area contributed by atoms with E-state index in [1.807, 2.05) is 12.4 Å². The van der Waals surface area contributed by atoms with Crippen LogP contribution in [-0.2, 0) is 0 Å². The molecule has 0 aliphatic rings. The largest absolute Gasteiger partial charge is 0.263 e. The average Bonchev–Trinajstić information content (AvgIpc) is 2.04. The minimum Gasteiger partial charge on any atom is -0.263 e. The third-order valence-electron chi connectivity index (χ3n) is 1.69. The lowest BCUT2D eigenvalue weighted by molar-refractivity contribution is 1.34. The zero-order chi connectivity index (χ0) is 8.55. The fourth-order valence-electron chi connectivity index (χ4n) is 1.15. The van der Waals surface area contributed by atoms with Gasteiger partial charge in [-0.2, -0.15) is 0 Å². The monoisotopic (exact) mass is 381 g/mol. The summed E-state index contributed by atoms with van der Waals surface area (Å²) in [6.45, 7) is 0. The summed E-state index contributed by atoms with van der Waals surface area (Å²) < 4.78 is 2.51. The highest BCUT2D eigenvalue weighted by molar-refractivity contribution is 14.1. The van der Waals surface area contributed by atoms with Gasteiger partial charge in [-0.3, -0.25) is 4.98 Å². The normalized spacial score (nSPS) is 10.5. The number of fused-ring (bicyclic) bond motifs is 1. The highest BCUT2D eigenvalue weighted by atomic mass is 127. The van der Waals surface area contributed by atoms with E-state index in [0.29, 0.717) is 0 Å². The van der Waals surface area contributed by atoms with Crippen molar-refractivity contribution in [2.45, 2.75) is 0 Å². The molecule has 1 nitrogen and oxygen atoms in total. The lowest BCUT2D eigenvalue weighted by Crippen LogP contribution is -1.83. The number of benzene rings is 1. The number of aromatic nitrogens is 1. The molecule has 1 aromatic heterocycles. The summed E-state index contributed by atoms with van der Waals surface area (Å²) in [7, 11) is 0. The summed E-state index contributed by atoms with van der Waals surface area (Å²) in [6.07, 6.45) is 3.80. The topological polar surface area (TPSA) is 12.9 Å². The van der Waals surface area contributed by atoms with Gasteiger partial charge in [0, 0.05) is 30.3 Å². The summed E-state index contributed by atoms with van der Waals surface area (Å²) in [4.78, 5) is 4.14. The Labute approximate surface area is 97.9 Å². The van der Waals surface area contributed by atoms with Gasteiger partial charge in [0.05, 0.1) is 0 Å². The van der Waals surface area contributed by atoms with Crippen LogP contribution in [0.25, 0.3) is 10.8 Å². The van der Waals surface area contributed by atoms with E-state index >= 15 is 0 Å². The van der Waals surface area contributed by atoms with Crippen molar-refractivity contribution >= 4 is 56.0 Å². The highest BCUT2D eigenvalue weighted by Crippen LogP contribution is 2.24. The Kier molecular flexibility index (Phi) is 2.49. The molecule has 0 unspecified atom stereocenters. The van der Waals surface area contributed by atoms with Gasteiger partial charge in [0.25, 0.3) is 0 Å². The number of nitrogens with zero attached hydrogens (tertiary/aromatic N) is 1. The molecule has 60 valence electrons. The van der Waals surface area contributed by atoms with Gasteiger partial charge in [-0.15, -0.1) is 0 Å². The first-order chi connectivity index (χ1) is 5.79. The SMILES string of the molecule is Ic1cccc2cncc(I)c12. The molecular weight excluding hydrogens is 376 g/mol. The molecule has 1 heterocycles. The molecule has 3 heteroatoms. The summed E-state index contributed by atoms with van der Waals surface area (Å²) in [6, 6.07) is 6.26. The van der Waals surface area contributed by atoms with Crippen molar-refractivity contribution in [3.05, 3.63) is 37.7 Å². The smallest absolute Gasteiger partial charge is 0.0408 e. The van der Waals surface area contributed by atoms with Gasteiger partial charge in [0.2, 0.25) is 0 Å². The molecule has 0 N–H and O–H groups in total. The fraction of sp³-hybridized carbons (Fsp3) is 0. The van der Waals surface area contributed by atoms with Gasteiger partial charge < -0.3 is 0 Å². The number of hydrogen-bond acceptors (Lipinski definition) is 1. The van der Waals surface area contributed by atoms with E-state index in [1.54, 1.807) is 0 Å². The van der Waals surface area contributed by atoms with Crippen molar-refractivity contribution in [3.8, 4) is 0 Å². The van der Waals surface area contributed by atoms with Crippen LogP contribution < -0.4 is 0 Å². The standard InChI is InChI=1S/C9H5I2N/c10-7-3-1-2-6-4-12-5-8(11)9(6)7/h1-5H. The maximum Gasteiger partial charge on any atom is 0.0408 e. The molecule has 0 spiro atoms. The number of pyridine rings is 1. The zero-order valence-electron chi connectivity index (χ0n) is 6.09. The zero-order valence-corrected chi connectivity index (χ0v) is 10.4. The molecule has 0 atom stereocenters. The Hall–Kier alpha value is 0.0900. The molecule has 2 aromatic rings.